The highest BCUT2D eigenvalue weighted by molar-refractivity contribution is 8.00. The Balaban J connectivity index is 2.15. The van der Waals surface area contributed by atoms with E-state index in [9.17, 15) is 4.39 Å². The molecule has 0 saturated heterocycles. The first-order valence-corrected chi connectivity index (χ1v) is 7.65. The SMILES string of the molecule is CNC(c1ccc(C)cc1)C(C)Sc1ccccc1F. The standard InChI is InChI=1S/C17H20FNS/c1-12-8-10-14(11-9-12)17(19-3)13(2)20-16-7-5-4-6-15(16)18/h4-11,13,17,19H,1-3H3. The number of hydrogen-bond donors (Lipinski definition) is 1. The van der Waals surface area contributed by atoms with E-state index >= 15 is 0 Å². The molecule has 0 aliphatic heterocycles. The zero-order valence-electron chi connectivity index (χ0n) is 12.1. The molecule has 0 radical (unpaired) electrons. The molecule has 0 heterocycles. The zero-order valence-corrected chi connectivity index (χ0v) is 12.9. The first kappa shape index (κ1) is 15.1. The zero-order chi connectivity index (χ0) is 14.5. The number of nitrogens with one attached hydrogen (secondary N) is 1. The average Bonchev–Trinajstić information content (AvgIpc) is 2.44. The average molecular weight is 289 g/mol. The van der Waals surface area contributed by atoms with Crippen LogP contribution in [0.1, 0.15) is 24.1 Å². The topological polar surface area (TPSA) is 12.0 Å². The van der Waals surface area contributed by atoms with Crippen LogP contribution < -0.4 is 5.32 Å². The van der Waals surface area contributed by atoms with Gasteiger partial charge in [-0.3, -0.25) is 0 Å². The summed E-state index contributed by atoms with van der Waals surface area (Å²) in [6.45, 7) is 4.20. The van der Waals surface area contributed by atoms with Gasteiger partial charge in [0.05, 0.1) is 0 Å². The molecule has 0 saturated carbocycles. The van der Waals surface area contributed by atoms with Crippen molar-refractivity contribution in [2.24, 2.45) is 0 Å². The Morgan fingerprint density at radius 2 is 1.70 bits per heavy atom. The fourth-order valence-electron chi connectivity index (χ4n) is 2.25. The van der Waals surface area contributed by atoms with Crippen LogP contribution in [0, 0.1) is 12.7 Å². The Labute approximate surface area is 124 Å². The van der Waals surface area contributed by atoms with Crippen molar-refractivity contribution in [1.29, 1.82) is 0 Å². The van der Waals surface area contributed by atoms with E-state index in [1.54, 1.807) is 17.8 Å². The molecule has 0 fully saturated rings. The highest BCUT2D eigenvalue weighted by Gasteiger charge is 2.19. The van der Waals surface area contributed by atoms with Gasteiger partial charge < -0.3 is 5.32 Å². The van der Waals surface area contributed by atoms with Crippen molar-refractivity contribution in [3.8, 4) is 0 Å². The highest BCUT2D eigenvalue weighted by Crippen LogP contribution is 2.33. The Kier molecular flexibility index (Phi) is 5.21. The summed E-state index contributed by atoms with van der Waals surface area (Å²) in [7, 11) is 1.95. The predicted octanol–water partition coefficient (Wildman–Crippen LogP) is 4.58. The van der Waals surface area contributed by atoms with Gasteiger partial charge in [-0.05, 0) is 31.7 Å². The van der Waals surface area contributed by atoms with Gasteiger partial charge in [-0.1, -0.05) is 48.9 Å². The predicted molar refractivity (Wildman–Crippen MR) is 84.7 cm³/mol. The van der Waals surface area contributed by atoms with Crippen LogP contribution >= 0.6 is 11.8 Å². The second-order valence-electron chi connectivity index (χ2n) is 4.93. The third kappa shape index (κ3) is 3.62. The van der Waals surface area contributed by atoms with Crippen molar-refractivity contribution in [3.05, 3.63) is 65.5 Å². The number of aryl methyl sites for hydroxylation is 1. The first-order chi connectivity index (χ1) is 9.61. The lowest BCUT2D eigenvalue weighted by Gasteiger charge is -2.24. The summed E-state index contributed by atoms with van der Waals surface area (Å²) in [5.41, 5.74) is 2.48. The Morgan fingerprint density at radius 1 is 1.05 bits per heavy atom. The molecule has 0 amide bonds. The summed E-state index contributed by atoms with van der Waals surface area (Å²) in [6, 6.07) is 15.6. The molecule has 0 aliphatic carbocycles. The van der Waals surface area contributed by atoms with Crippen LogP contribution in [0.4, 0.5) is 4.39 Å². The molecule has 106 valence electrons. The number of benzene rings is 2. The number of hydrogen-bond acceptors (Lipinski definition) is 2. The van der Waals surface area contributed by atoms with Crippen LogP contribution in [0.5, 0.6) is 0 Å². The van der Waals surface area contributed by atoms with Gasteiger partial charge in [-0.25, -0.2) is 4.39 Å². The minimum absolute atomic E-state index is 0.150. The summed E-state index contributed by atoms with van der Waals surface area (Å²) in [5.74, 6) is -0.150. The Hall–Kier alpha value is -1.32. The summed E-state index contributed by atoms with van der Waals surface area (Å²) in [5, 5.41) is 3.57. The molecule has 2 aromatic rings. The largest absolute Gasteiger partial charge is 0.312 e. The molecule has 2 aromatic carbocycles. The lowest BCUT2D eigenvalue weighted by molar-refractivity contribution is 0.582. The molecule has 2 unspecified atom stereocenters. The molecule has 1 N–H and O–H groups in total. The molecule has 0 spiro atoms. The lowest BCUT2D eigenvalue weighted by atomic mass is 10.0. The van der Waals surface area contributed by atoms with Crippen molar-refractivity contribution >= 4 is 11.8 Å². The lowest BCUT2D eigenvalue weighted by Crippen LogP contribution is -2.25. The van der Waals surface area contributed by atoms with Gasteiger partial charge in [0.15, 0.2) is 0 Å². The van der Waals surface area contributed by atoms with Crippen LogP contribution in [0.2, 0.25) is 0 Å². The van der Waals surface area contributed by atoms with E-state index < -0.39 is 0 Å². The highest BCUT2D eigenvalue weighted by atomic mass is 32.2. The maximum absolute atomic E-state index is 13.7. The van der Waals surface area contributed by atoms with E-state index in [1.165, 1.54) is 17.2 Å². The normalized spacial score (nSPS) is 14.0. The monoisotopic (exact) mass is 289 g/mol. The minimum atomic E-state index is -0.150. The summed E-state index contributed by atoms with van der Waals surface area (Å²) >= 11 is 1.56. The molecule has 3 heteroatoms. The van der Waals surface area contributed by atoms with E-state index in [0.717, 1.165) is 0 Å². The smallest absolute Gasteiger partial charge is 0.136 e. The molecular weight excluding hydrogens is 269 g/mol. The Morgan fingerprint density at radius 3 is 2.30 bits per heavy atom. The fraction of sp³-hybridized carbons (Fsp3) is 0.294. The number of rotatable bonds is 5. The van der Waals surface area contributed by atoms with Gasteiger partial charge in [-0.15, -0.1) is 11.8 Å². The van der Waals surface area contributed by atoms with Crippen LogP contribution in [0.3, 0.4) is 0 Å². The molecule has 0 aromatic heterocycles. The van der Waals surface area contributed by atoms with Gasteiger partial charge >= 0.3 is 0 Å². The molecule has 0 aliphatic rings. The van der Waals surface area contributed by atoms with Crippen molar-refractivity contribution in [2.45, 2.75) is 30.0 Å². The van der Waals surface area contributed by atoms with E-state index in [2.05, 4.69) is 43.4 Å². The van der Waals surface area contributed by atoms with Gasteiger partial charge in [0.25, 0.3) is 0 Å². The summed E-state index contributed by atoms with van der Waals surface area (Å²) < 4.78 is 13.7. The molecular formula is C17H20FNS. The third-order valence-electron chi connectivity index (χ3n) is 3.37. The fourth-order valence-corrected chi connectivity index (χ4v) is 3.42. The van der Waals surface area contributed by atoms with Gasteiger partial charge in [-0.2, -0.15) is 0 Å². The van der Waals surface area contributed by atoms with Gasteiger partial charge in [0.2, 0.25) is 0 Å². The minimum Gasteiger partial charge on any atom is -0.312 e. The molecule has 0 bridgehead atoms. The molecule has 2 rings (SSSR count). The third-order valence-corrected chi connectivity index (χ3v) is 4.60. The second kappa shape index (κ2) is 6.91. The summed E-state index contributed by atoms with van der Waals surface area (Å²) in [4.78, 5) is 0.701. The maximum atomic E-state index is 13.7. The van der Waals surface area contributed by atoms with E-state index in [-0.39, 0.29) is 17.1 Å². The molecule has 1 nitrogen and oxygen atoms in total. The number of halogens is 1. The van der Waals surface area contributed by atoms with E-state index in [1.807, 2.05) is 19.2 Å². The molecule has 20 heavy (non-hydrogen) atoms. The van der Waals surface area contributed by atoms with Gasteiger partial charge in [0, 0.05) is 16.2 Å². The quantitative estimate of drug-likeness (QED) is 0.809. The van der Waals surface area contributed by atoms with E-state index in [0.29, 0.717) is 4.90 Å². The van der Waals surface area contributed by atoms with Crippen molar-refractivity contribution in [1.82, 2.24) is 5.32 Å². The second-order valence-corrected chi connectivity index (χ2v) is 6.35. The van der Waals surface area contributed by atoms with Crippen molar-refractivity contribution < 1.29 is 4.39 Å². The van der Waals surface area contributed by atoms with Crippen LogP contribution in [-0.4, -0.2) is 12.3 Å². The summed E-state index contributed by atoms with van der Waals surface area (Å²) in [6.07, 6.45) is 0. The number of thioether (sulfide) groups is 1. The van der Waals surface area contributed by atoms with Crippen molar-refractivity contribution in [2.75, 3.05) is 7.05 Å². The van der Waals surface area contributed by atoms with Crippen molar-refractivity contribution in [3.63, 3.8) is 0 Å². The van der Waals surface area contributed by atoms with Crippen LogP contribution in [0.15, 0.2) is 53.4 Å². The van der Waals surface area contributed by atoms with Crippen LogP contribution in [-0.2, 0) is 0 Å². The van der Waals surface area contributed by atoms with Crippen LogP contribution in [0.25, 0.3) is 0 Å². The Bertz CT molecular complexity index is 553. The first-order valence-electron chi connectivity index (χ1n) is 6.77. The van der Waals surface area contributed by atoms with E-state index in [4.69, 9.17) is 0 Å². The maximum Gasteiger partial charge on any atom is 0.136 e. The van der Waals surface area contributed by atoms with Gasteiger partial charge in [0.1, 0.15) is 5.82 Å². The molecule has 2 atom stereocenters.